The van der Waals surface area contributed by atoms with E-state index in [1.807, 2.05) is 6.07 Å². The molecule has 2 rings (SSSR count). The van der Waals surface area contributed by atoms with Crippen molar-refractivity contribution in [2.75, 3.05) is 0 Å². The Morgan fingerprint density at radius 2 is 1.86 bits per heavy atom. The van der Waals surface area contributed by atoms with E-state index < -0.39 is 0 Å². The maximum Gasteiger partial charge on any atom is 0.138 e. The van der Waals surface area contributed by atoms with E-state index in [-0.39, 0.29) is 5.41 Å². The lowest BCUT2D eigenvalue weighted by atomic mass is 9.87. The first kappa shape index (κ1) is 9.06. The van der Waals surface area contributed by atoms with E-state index in [9.17, 15) is 0 Å². The fraction of sp³-hybridized carbons (Fsp3) is 0.364. The van der Waals surface area contributed by atoms with Gasteiger partial charge in [-0.05, 0) is 23.1 Å². The smallest absolute Gasteiger partial charge is 0.138 e. The fourth-order valence-electron chi connectivity index (χ4n) is 1.35. The van der Waals surface area contributed by atoms with Crippen LogP contribution in [0.25, 0.3) is 11.0 Å². The van der Waals surface area contributed by atoms with E-state index in [0.717, 1.165) is 11.0 Å². The lowest BCUT2D eigenvalue weighted by Crippen LogP contribution is -2.10. The highest BCUT2D eigenvalue weighted by Crippen LogP contribution is 2.23. The Labute approximate surface area is 83.2 Å². The summed E-state index contributed by atoms with van der Waals surface area (Å²) in [5.74, 6) is 0. The van der Waals surface area contributed by atoms with Crippen molar-refractivity contribution in [2.24, 2.45) is 0 Å². The first-order valence-corrected chi connectivity index (χ1v) is 4.65. The summed E-state index contributed by atoms with van der Waals surface area (Å²) < 4.78 is 0. The zero-order valence-corrected chi connectivity index (χ0v) is 8.65. The molecule has 0 saturated heterocycles. The van der Waals surface area contributed by atoms with Crippen LogP contribution in [0.15, 0.2) is 24.5 Å². The Morgan fingerprint density at radius 3 is 2.57 bits per heavy atom. The monoisotopic (exact) mass is 187 g/mol. The van der Waals surface area contributed by atoms with Gasteiger partial charge in [0.05, 0.1) is 5.52 Å². The highest BCUT2D eigenvalue weighted by atomic mass is 15.1. The highest BCUT2D eigenvalue weighted by molar-refractivity contribution is 5.74. The molecule has 0 spiro atoms. The molecule has 0 bridgehead atoms. The average Bonchev–Trinajstić information content (AvgIpc) is 2.16. The van der Waals surface area contributed by atoms with Crippen molar-refractivity contribution in [2.45, 2.75) is 26.2 Å². The van der Waals surface area contributed by atoms with Crippen molar-refractivity contribution in [1.82, 2.24) is 15.2 Å². The normalized spacial score (nSPS) is 11.9. The predicted octanol–water partition coefficient (Wildman–Crippen LogP) is 2.32. The quantitative estimate of drug-likeness (QED) is 0.635. The second kappa shape index (κ2) is 3.01. The number of hydrogen-bond donors (Lipinski definition) is 0. The Bertz CT molecular complexity index is 457. The number of fused-ring (bicyclic) bond motifs is 1. The minimum atomic E-state index is 0.152. The van der Waals surface area contributed by atoms with E-state index in [0.29, 0.717) is 0 Å². The van der Waals surface area contributed by atoms with Crippen LogP contribution >= 0.6 is 0 Å². The largest absolute Gasteiger partial charge is 0.233 e. The van der Waals surface area contributed by atoms with E-state index in [1.54, 1.807) is 0 Å². The van der Waals surface area contributed by atoms with Crippen LogP contribution < -0.4 is 0 Å². The van der Waals surface area contributed by atoms with Crippen LogP contribution in [-0.4, -0.2) is 15.2 Å². The molecule has 2 aromatic rings. The van der Waals surface area contributed by atoms with Crippen LogP contribution in [0.5, 0.6) is 0 Å². The minimum absolute atomic E-state index is 0.152. The fourth-order valence-corrected chi connectivity index (χ4v) is 1.35. The lowest BCUT2D eigenvalue weighted by molar-refractivity contribution is 0.591. The Hall–Kier alpha value is -1.51. The molecule has 3 nitrogen and oxygen atoms in total. The Kier molecular flexibility index (Phi) is 1.95. The van der Waals surface area contributed by atoms with Crippen LogP contribution in [0.4, 0.5) is 0 Å². The number of aromatic nitrogens is 3. The predicted molar refractivity (Wildman–Crippen MR) is 56.0 cm³/mol. The molecule has 0 N–H and O–H groups in total. The summed E-state index contributed by atoms with van der Waals surface area (Å²) in [5, 5.41) is 7.74. The molecule has 14 heavy (non-hydrogen) atoms. The van der Waals surface area contributed by atoms with Gasteiger partial charge in [-0.1, -0.05) is 26.8 Å². The van der Waals surface area contributed by atoms with Gasteiger partial charge in [0.15, 0.2) is 0 Å². The second-order valence-corrected chi connectivity index (χ2v) is 4.41. The first-order valence-electron chi connectivity index (χ1n) is 4.65. The van der Waals surface area contributed by atoms with Gasteiger partial charge in [-0.25, -0.2) is 4.98 Å². The molecule has 1 aromatic heterocycles. The number of rotatable bonds is 0. The van der Waals surface area contributed by atoms with Gasteiger partial charge in [-0.15, -0.1) is 10.2 Å². The van der Waals surface area contributed by atoms with Gasteiger partial charge in [-0.2, -0.15) is 0 Å². The van der Waals surface area contributed by atoms with Crippen molar-refractivity contribution in [3.8, 4) is 0 Å². The van der Waals surface area contributed by atoms with E-state index in [2.05, 4.69) is 48.1 Å². The van der Waals surface area contributed by atoms with Gasteiger partial charge in [0.25, 0.3) is 0 Å². The van der Waals surface area contributed by atoms with Gasteiger partial charge in [0, 0.05) is 0 Å². The molecule has 0 aliphatic heterocycles. The van der Waals surface area contributed by atoms with Gasteiger partial charge in [-0.3, -0.25) is 0 Å². The maximum absolute atomic E-state index is 4.18. The van der Waals surface area contributed by atoms with Crippen LogP contribution in [0, 0.1) is 0 Å². The molecular formula is C11H13N3. The van der Waals surface area contributed by atoms with Gasteiger partial charge in [0.2, 0.25) is 0 Å². The summed E-state index contributed by atoms with van der Waals surface area (Å²) in [6, 6.07) is 6.12. The van der Waals surface area contributed by atoms with Crippen LogP contribution in [-0.2, 0) is 5.41 Å². The van der Waals surface area contributed by atoms with Crippen molar-refractivity contribution in [3.63, 3.8) is 0 Å². The molecule has 3 heteroatoms. The summed E-state index contributed by atoms with van der Waals surface area (Å²) in [4.78, 5) is 4.18. The van der Waals surface area contributed by atoms with Crippen molar-refractivity contribution < 1.29 is 0 Å². The van der Waals surface area contributed by atoms with Crippen LogP contribution in [0.3, 0.4) is 0 Å². The average molecular weight is 187 g/mol. The highest BCUT2D eigenvalue weighted by Gasteiger charge is 2.13. The zero-order valence-electron chi connectivity index (χ0n) is 8.65. The van der Waals surface area contributed by atoms with Crippen LogP contribution in [0.1, 0.15) is 26.3 Å². The molecular weight excluding hydrogens is 174 g/mol. The first-order chi connectivity index (χ1) is 6.57. The minimum Gasteiger partial charge on any atom is -0.233 e. The van der Waals surface area contributed by atoms with Gasteiger partial charge in [0.1, 0.15) is 11.8 Å². The number of benzene rings is 1. The summed E-state index contributed by atoms with van der Waals surface area (Å²) in [7, 11) is 0. The molecule has 72 valence electrons. The molecule has 1 heterocycles. The molecule has 0 amide bonds. The molecule has 0 saturated carbocycles. The van der Waals surface area contributed by atoms with E-state index >= 15 is 0 Å². The molecule has 0 atom stereocenters. The summed E-state index contributed by atoms with van der Waals surface area (Å²) >= 11 is 0. The topological polar surface area (TPSA) is 38.7 Å². The summed E-state index contributed by atoms with van der Waals surface area (Å²) in [6.07, 6.45) is 1.48. The summed E-state index contributed by atoms with van der Waals surface area (Å²) in [5.41, 5.74) is 3.18. The van der Waals surface area contributed by atoms with Gasteiger partial charge < -0.3 is 0 Å². The Balaban J connectivity index is 2.63. The van der Waals surface area contributed by atoms with Crippen molar-refractivity contribution in [3.05, 3.63) is 30.1 Å². The SMILES string of the molecule is CC(C)(C)c1ccc2nncnc2c1. The molecule has 1 aromatic carbocycles. The molecule has 0 aliphatic carbocycles. The van der Waals surface area contributed by atoms with Crippen molar-refractivity contribution in [1.29, 1.82) is 0 Å². The van der Waals surface area contributed by atoms with E-state index in [4.69, 9.17) is 0 Å². The molecule has 0 aliphatic rings. The van der Waals surface area contributed by atoms with Gasteiger partial charge >= 0.3 is 0 Å². The van der Waals surface area contributed by atoms with E-state index in [1.165, 1.54) is 11.9 Å². The van der Waals surface area contributed by atoms with Crippen LogP contribution in [0.2, 0.25) is 0 Å². The third-order valence-electron chi connectivity index (χ3n) is 2.26. The van der Waals surface area contributed by atoms with Crippen molar-refractivity contribution >= 4 is 11.0 Å². The standard InChI is InChI=1S/C11H13N3/c1-11(2,3)8-4-5-9-10(6-8)12-7-13-14-9/h4-7H,1-3H3. The molecule has 0 fully saturated rings. The summed E-state index contributed by atoms with van der Waals surface area (Å²) in [6.45, 7) is 6.55. The zero-order chi connectivity index (χ0) is 10.2. The second-order valence-electron chi connectivity index (χ2n) is 4.41. The molecule has 0 radical (unpaired) electrons. The third-order valence-corrected chi connectivity index (χ3v) is 2.26. The third kappa shape index (κ3) is 1.58. The Morgan fingerprint density at radius 1 is 1.07 bits per heavy atom. The maximum atomic E-state index is 4.18. The lowest BCUT2D eigenvalue weighted by Gasteiger charge is -2.18. The number of nitrogens with zero attached hydrogens (tertiary/aromatic N) is 3. The molecule has 0 unspecified atom stereocenters. The number of hydrogen-bond acceptors (Lipinski definition) is 3.